The van der Waals surface area contributed by atoms with E-state index < -0.39 is 9.84 Å². The Morgan fingerprint density at radius 1 is 1.16 bits per heavy atom. The number of anilines is 1. The van der Waals surface area contributed by atoms with E-state index in [0.717, 1.165) is 5.56 Å². The minimum absolute atomic E-state index is 0.0958. The topological polar surface area (TPSA) is 59.1 Å². The molecule has 0 fully saturated rings. The molecule has 0 saturated carbocycles. The summed E-state index contributed by atoms with van der Waals surface area (Å²) >= 11 is 0. The van der Waals surface area contributed by atoms with Gasteiger partial charge in [-0.15, -0.1) is 0 Å². The fraction of sp³-hybridized carbons (Fsp3) is 0.214. The summed E-state index contributed by atoms with van der Waals surface area (Å²) in [6.07, 6.45) is 3.46. The van der Waals surface area contributed by atoms with E-state index in [1.165, 1.54) is 0 Å². The minimum Gasteiger partial charge on any atom is -0.380 e. The van der Waals surface area contributed by atoms with Crippen molar-refractivity contribution < 1.29 is 8.42 Å². The third-order valence-corrected chi connectivity index (χ3v) is 4.59. The van der Waals surface area contributed by atoms with Gasteiger partial charge in [0.15, 0.2) is 9.84 Å². The fourth-order valence-electron chi connectivity index (χ4n) is 1.74. The average molecular weight is 276 g/mol. The van der Waals surface area contributed by atoms with E-state index >= 15 is 0 Å². The highest BCUT2D eigenvalue weighted by molar-refractivity contribution is 7.91. The van der Waals surface area contributed by atoms with E-state index in [0.29, 0.717) is 17.1 Å². The van der Waals surface area contributed by atoms with Crippen molar-refractivity contribution in [2.75, 3.05) is 11.1 Å². The van der Waals surface area contributed by atoms with Crippen LogP contribution in [0.1, 0.15) is 12.5 Å². The number of pyridine rings is 1. The first-order valence-electron chi connectivity index (χ1n) is 6.08. The first kappa shape index (κ1) is 13.5. The van der Waals surface area contributed by atoms with Crippen LogP contribution < -0.4 is 5.32 Å². The summed E-state index contributed by atoms with van der Waals surface area (Å²) in [6.45, 7) is 2.19. The number of nitrogens with one attached hydrogen (secondary N) is 1. The van der Waals surface area contributed by atoms with Crippen LogP contribution in [0.5, 0.6) is 0 Å². The number of benzene rings is 1. The molecule has 1 aromatic carbocycles. The first-order valence-corrected chi connectivity index (χ1v) is 7.73. The van der Waals surface area contributed by atoms with Gasteiger partial charge in [0.05, 0.1) is 16.3 Å². The molecule has 5 heteroatoms. The predicted molar refractivity (Wildman–Crippen MR) is 75.7 cm³/mol. The smallest absolute Gasteiger partial charge is 0.180 e. The molecule has 19 heavy (non-hydrogen) atoms. The zero-order valence-corrected chi connectivity index (χ0v) is 11.5. The molecule has 0 unspecified atom stereocenters. The zero-order chi connectivity index (χ0) is 13.7. The third-order valence-electron chi connectivity index (χ3n) is 2.81. The molecule has 1 aromatic heterocycles. The van der Waals surface area contributed by atoms with Crippen LogP contribution >= 0.6 is 0 Å². The van der Waals surface area contributed by atoms with Crippen molar-refractivity contribution in [1.29, 1.82) is 0 Å². The van der Waals surface area contributed by atoms with Crippen LogP contribution in [-0.4, -0.2) is 19.2 Å². The van der Waals surface area contributed by atoms with E-state index in [2.05, 4.69) is 10.3 Å². The van der Waals surface area contributed by atoms with Crippen LogP contribution in [0.2, 0.25) is 0 Å². The molecule has 1 N–H and O–H groups in total. The van der Waals surface area contributed by atoms with E-state index in [-0.39, 0.29) is 5.75 Å². The molecule has 0 atom stereocenters. The summed E-state index contributed by atoms with van der Waals surface area (Å²) < 4.78 is 24.0. The van der Waals surface area contributed by atoms with Crippen molar-refractivity contribution in [2.24, 2.45) is 0 Å². The monoisotopic (exact) mass is 276 g/mol. The highest BCUT2D eigenvalue weighted by Gasteiger charge is 2.15. The number of sulfone groups is 1. The van der Waals surface area contributed by atoms with E-state index in [4.69, 9.17) is 0 Å². The van der Waals surface area contributed by atoms with Gasteiger partial charge in [-0.25, -0.2) is 8.42 Å². The van der Waals surface area contributed by atoms with Gasteiger partial charge in [0, 0.05) is 18.9 Å². The lowest BCUT2D eigenvalue weighted by atomic mass is 10.2. The van der Waals surface area contributed by atoms with Crippen molar-refractivity contribution >= 4 is 15.5 Å². The molecule has 0 saturated heterocycles. The average Bonchev–Trinajstić information content (AvgIpc) is 2.46. The quantitative estimate of drug-likeness (QED) is 0.911. The number of nitrogens with zero attached hydrogens (tertiary/aromatic N) is 1. The van der Waals surface area contributed by atoms with Crippen LogP contribution in [0.25, 0.3) is 0 Å². The van der Waals surface area contributed by atoms with Crippen molar-refractivity contribution in [2.45, 2.75) is 18.4 Å². The Labute approximate surface area is 113 Å². The van der Waals surface area contributed by atoms with Crippen LogP contribution in [0.4, 0.5) is 5.69 Å². The molecule has 0 radical (unpaired) electrons. The SMILES string of the molecule is CCS(=O)(=O)c1ccccc1NCc1cccnc1. The van der Waals surface area contributed by atoms with Gasteiger partial charge in [-0.2, -0.15) is 0 Å². The Morgan fingerprint density at radius 3 is 2.63 bits per heavy atom. The van der Waals surface area contributed by atoms with Gasteiger partial charge < -0.3 is 5.32 Å². The standard InChI is InChI=1S/C14H16N2O2S/c1-2-19(17,18)14-8-4-3-7-13(14)16-11-12-6-5-9-15-10-12/h3-10,16H,2,11H2,1H3. The molecule has 2 rings (SSSR count). The number of rotatable bonds is 5. The van der Waals surface area contributed by atoms with E-state index in [9.17, 15) is 8.42 Å². The third kappa shape index (κ3) is 3.32. The molecular formula is C14H16N2O2S. The number of para-hydroxylation sites is 1. The predicted octanol–water partition coefficient (Wildman–Crippen LogP) is 2.49. The van der Waals surface area contributed by atoms with Crippen molar-refractivity contribution in [1.82, 2.24) is 4.98 Å². The summed E-state index contributed by atoms with van der Waals surface area (Å²) in [5.41, 5.74) is 1.64. The lowest BCUT2D eigenvalue weighted by molar-refractivity contribution is 0.597. The van der Waals surface area contributed by atoms with E-state index in [1.807, 2.05) is 18.2 Å². The molecule has 0 aliphatic rings. The minimum atomic E-state index is -3.21. The highest BCUT2D eigenvalue weighted by Crippen LogP contribution is 2.22. The maximum atomic E-state index is 12.0. The normalized spacial score (nSPS) is 11.2. The molecule has 0 amide bonds. The Balaban J connectivity index is 2.22. The summed E-state index contributed by atoms with van der Waals surface area (Å²) in [4.78, 5) is 4.37. The highest BCUT2D eigenvalue weighted by atomic mass is 32.2. The number of aromatic nitrogens is 1. The van der Waals surface area contributed by atoms with Crippen molar-refractivity contribution in [3.63, 3.8) is 0 Å². The Bertz CT molecular complexity index is 640. The van der Waals surface area contributed by atoms with Gasteiger partial charge >= 0.3 is 0 Å². The second-order valence-corrected chi connectivity index (χ2v) is 6.36. The second kappa shape index (κ2) is 5.84. The van der Waals surface area contributed by atoms with Gasteiger partial charge in [-0.1, -0.05) is 25.1 Å². The lowest BCUT2D eigenvalue weighted by Crippen LogP contribution is -2.09. The molecule has 0 bridgehead atoms. The second-order valence-electron chi connectivity index (χ2n) is 4.11. The summed E-state index contributed by atoms with van der Waals surface area (Å²) in [7, 11) is -3.21. The van der Waals surface area contributed by atoms with Gasteiger partial charge in [0.25, 0.3) is 0 Å². The molecular weight excluding hydrogens is 260 g/mol. The largest absolute Gasteiger partial charge is 0.380 e. The summed E-state index contributed by atoms with van der Waals surface area (Å²) in [5.74, 6) is 0.0958. The van der Waals surface area contributed by atoms with Gasteiger partial charge in [-0.3, -0.25) is 4.98 Å². The Kier molecular flexibility index (Phi) is 4.16. The summed E-state index contributed by atoms with van der Waals surface area (Å²) in [6, 6.07) is 10.8. The number of hydrogen-bond acceptors (Lipinski definition) is 4. The van der Waals surface area contributed by atoms with E-state index in [1.54, 1.807) is 37.5 Å². The van der Waals surface area contributed by atoms with Crippen molar-refractivity contribution in [3.05, 3.63) is 54.4 Å². The molecule has 4 nitrogen and oxygen atoms in total. The molecule has 0 spiro atoms. The molecule has 0 aliphatic carbocycles. The molecule has 2 aromatic rings. The zero-order valence-electron chi connectivity index (χ0n) is 10.7. The Hall–Kier alpha value is -1.88. The fourth-order valence-corrected chi connectivity index (χ4v) is 2.81. The molecule has 0 aliphatic heterocycles. The van der Waals surface area contributed by atoms with Gasteiger partial charge in [0.2, 0.25) is 0 Å². The van der Waals surface area contributed by atoms with Crippen LogP contribution in [0, 0.1) is 0 Å². The maximum Gasteiger partial charge on any atom is 0.180 e. The molecule has 1 heterocycles. The Morgan fingerprint density at radius 2 is 1.95 bits per heavy atom. The maximum absolute atomic E-state index is 12.0. The molecule has 100 valence electrons. The van der Waals surface area contributed by atoms with Crippen LogP contribution in [0.3, 0.4) is 0 Å². The van der Waals surface area contributed by atoms with Crippen LogP contribution in [-0.2, 0) is 16.4 Å². The van der Waals surface area contributed by atoms with Gasteiger partial charge in [0.1, 0.15) is 0 Å². The number of hydrogen-bond donors (Lipinski definition) is 1. The lowest BCUT2D eigenvalue weighted by Gasteiger charge is -2.11. The first-order chi connectivity index (χ1) is 9.13. The van der Waals surface area contributed by atoms with Crippen molar-refractivity contribution in [3.8, 4) is 0 Å². The van der Waals surface area contributed by atoms with Crippen LogP contribution in [0.15, 0.2) is 53.7 Å². The van der Waals surface area contributed by atoms with Gasteiger partial charge in [-0.05, 0) is 23.8 Å². The summed E-state index contributed by atoms with van der Waals surface area (Å²) in [5, 5.41) is 3.15.